The van der Waals surface area contributed by atoms with Crippen molar-refractivity contribution >= 4 is 11.4 Å². The molecule has 1 unspecified atom stereocenters. The molecule has 0 fully saturated rings. The predicted molar refractivity (Wildman–Crippen MR) is 112 cm³/mol. The zero-order valence-corrected chi connectivity index (χ0v) is 16.1. The van der Waals surface area contributed by atoms with Crippen LogP contribution >= 0.6 is 0 Å². The van der Waals surface area contributed by atoms with Crippen molar-refractivity contribution in [1.82, 2.24) is 0 Å². The van der Waals surface area contributed by atoms with E-state index in [9.17, 15) is 0 Å². The highest BCUT2D eigenvalue weighted by molar-refractivity contribution is 6.08. The molecule has 1 aliphatic rings. The molecule has 27 heavy (non-hydrogen) atoms. The highest BCUT2D eigenvalue weighted by Gasteiger charge is 2.28. The van der Waals surface area contributed by atoms with Crippen molar-refractivity contribution in [3.05, 3.63) is 101 Å². The van der Waals surface area contributed by atoms with E-state index in [-0.39, 0.29) is 11.5 Å². The molecule has 0 bridgehead atoms. The summed E-state index contributed by atoms with van der Waals surface area (Å²) >= 11 is 0. The van der Waals surface area contributed by atoms with Gasteiger partial charge in [0.15, 0.2) is 0 Å². The van der Waals surface area contributed by atoms with E-state index in [1.54, 1.807) is 0 Å². The van der Waals surface area contributed by atoms with E-state index in [1.807, 2.05) is 24.3 Å². The second-order valence-corrected chi connectivity index (χ2v) is 8.06. The first-order chi connectivity index (χ1) is 13.0. The molecule has 0 saturated heterocycles. The molecule has 0 aliphatic carbocycles. The molecule has 2 nitrogen and oxygen atoms in total. The SMILES string of the molecule is CC(C)(C)c1cccc(COC2C(c3ccccc3)=Nc3ccccc32)c1. The van der Waals surface area contributed by atoms with Crippen LogP contribution in [0.3, 0.4) is 0 Å². The second kappa shape index (κ2) is 7.13. The molecular weight excluding hydrogens is 330 g/mol. The summed E-state index contributed by atoms with van der Waals surface area (Å²) in [7, 11) is 0. The van der Waals surface area contributed by atoms with Crippen LogP contribution in [0.25, 0.3) is 0 Å². The molecule has 0 amide bonds. The lowest BCUT2D eigenvalue weighted by Crippen LogP contribution is -2.14. The molecule has 1 heterocycles. The van der Waals surface area contributed by atoms with Crippen LogP contribution in [0.4, 0.5) is 5.69 Å². The third-order valence-electron chi connectivity index (χ3n) is 4.99. The minimum atomic E-state index is -0.137. The van der Waals surface area contributed by atoms with Crippen molar-refractivity contribution in [3.63, 3.8) is 0 Å². The largest absolute Gasteiger partial charge is 0.362 e. The van der Waals surface area contributed by atoms with E-state index in [1.165, 1.54) is 11.1 Å². The number of nitrogens with zero attached hydrogens (tertiary/aromatic N) is 1. The summed E-state index contributed by atoms with van der Waals surface area (Å²) in [5.74, 6) is 0. The van der Waals surface area contributed by atoms with Gasteiger partial charge in [-0.3, -0.25) is 0 Å². The standard InChI is InChI=1S/C25H25NO/c1-25(2,3)20-13-9-10-18(16-20)17-27-24-21-14-7-8-15-22(21)26-23(24)19-11-5-4-6-12-19/h4-16,24H,17H2,1-3H3. The van der Waals surface area contributed by atoms with Crippen molar-refractivity contribution in [2.24, 2.45) is 4.99 Å². The quantitative estimate of drug-likeness (QED) is 0.532. The number of rotatable bonds is 4. The van der Waals surface area contributed by atoms with Crippen molar-refractivity contribution < 1.29 is 4.74 Å². The number of fused-ring (bicyclic) bond motifs is 1. The molecule has 0 radical (unpaired) electrons. The molecule has 136 valence electrons. The molecule has 3 aromatic carbocycles. The summed E-state index contributed by atoms with van der Waals surface area (Å²) in [6, 6.07) is 27.3. The fourth-order valence-electron chi connectivity index (χ4n) is 3.45. The maximum Gasteiger partial charge on any atom is 0.128 e. The monoisotopic (exact) mass is 355 g/mol. The third kappa shape index (κ3) is 3.72. The van der Waals surface area contributed by atoms with Crippen LogP contribution in [0.1, 0.15) is 49.1 Å². The number of ether oxygens (including phenoxy) is 1. The molecule has 0 aromatic heterocycles. The van der Waals surface area contributed by atoms with Gasteiger partial charge < -0.3 is 4.74 Å². The van der Waals surface area contributed by atoms with Crippen LogP contribution in [0, 0.1) is 0 Å². The smallest absolute Gasteiger partial charge is 0.128 e. The van der Waals surface area contributed by atoms with Gasteiger partial charge in [0.25, 0.3) is 0 Å². The first-order valence-electron chi connectivity index (χ1n) is 9.46. The van der Waals surface area contributed by atoms with Gasteiger partial charge in [-0.2, -0.15) is 0 Å². The van der Waals surface area contributed by atoms with Gasteiger partial charge in [-0.15, -0.1) is 0 Å². The third-order valence-corrected chi connectivity index (χ3v) is 4.99. The van der Waals surface area contributed by atoms with Gasteiger partial charge in [-0.25, -0.2) is 4.99 Å². The molecular formula is C25H25NO. The molecule has 0 saturated carbocycles. The molecule has 4 rings (SSSR count). The van der Waals surface area contributed by atoms with Crippen LogP contribution in [0.15, 0.2) is 83.9 Å². The summed E-state index contributed by atoms with van der Waals surface area (Å²) in [6.07, 6.45) is -0.137. The zero-order valence-electron chi connectivity index (χ0n) is 16.1. The van der Waals surface area contributed by atoms with Gasteiger partial charge in [0, 0.05) is 5.56 Å². The number of benzene rings is 3. The number of para-hydroxylation sites is 1. The van der Waals surface area contributed by atoms with Gasteiger partial charge in [-0.1, -0.05) is 93.6 Å². The van der Waals surface area contributed by atoms with Crippen molar-refractivity contribution in [2.75, 3.05) is 0 Å². The van der Waals surface area contributed by atoms with Gasteiger partial charge in [0.1, 0.15) is 6.10 Å². The van der Waals surface area contributed by atoms with Crippen LogP contribution in [-0.2, 0) is 16.8 Å². The topological polar surface area (TPSA) is 21.6 Å². The summed E-state index contributed by atoms with van der Waals surface area (Å²) in [5, 5.41) is 0. The molecule has 1 atom stereocenters. The van der Waals surface area contributed by atoms with Gasteiger partial charge in [0.05, 0.1) is 18.0 Å². The summed E-state index contributed by atoms with van der Waals surface area (Å²) in [5.41, 5.74) is 6.90. The average Bonchev–Trinajstić information content (AvgIpc) is 3.05. The van der Waals surface area contributed by atoms with Crippen molar-refractivity contribution in [3.8, 4) is 0 Å². The lowest BCUT2D eigenvalue weighted by Gasteiger charge is -2.21. The highest BCUT2D eigenvalue weighted by atomic mass is 16.5. The Bertz CT molecular complexity index is 967. The van der Waals surface area contributed by atoms with Crippen LogP contribution in [0.2, 0.25) is 0 Å². The molecule has 0 N–H and O–H groups in total. The number of hydrogen-bond donors (Lipinski definition) is 0. The second-order valence-electron chi connectivity index (χ2n) is 8.06. The van der Waals surface area contributed by atoms with Gasteiger partial charge >= 0.3 is 0 Å². The van der Waals surface area contributed by atoms with Gasteiger partial charge in [0.2, 0.25) is 0 Å². The highest BCUT2D eigenvalue weighted by Crippen LogP contribution is 2.38. The fraction of sp³-hybridized carbons (Fsp3) is 0.240. The van der Waals surface area contributed by atoms with Crippen LogP contribution in [-0.4, -0.2) is 5.71 Å². The Kier molecular flexibility index (Phi) is 4.67. The first-order valence-corrected chi connectivity index (χ1v) is 9.46. The van der Waals surface area contributed by atoms with E-state index in [2.05, 4.69) is 75.4 Å². The Hall–Kier alpha value is -2.71. The summed E-state index contributed by atoms with van der Waals surface area (Å²) < 4.78 is 6.42. The number of hydrogen-bond acceptors (Lipinski definition) is 2. The first kappa shape index (κ1) is 17.7. The maximum absolute atomic E-state index is 6.42. The van der Waals surface area contributed by atoms with E-state index >= 15 is 0 Å². The van der Waals surface area contributed by atoms with Crippen molar-refractivity contribution in [2.45, 2.75) is 38.9 Å². The normalized spacial score (nSPS) is 16.1. The summed E-state index contributed by atoms with van der Waals surface area (Å²) in [6.45, 7) is 7.27. The minimum absolute atomic E-state index is 0.132. The van der Waals surface area contributed by atoms with E-state index in [4.69, 9.17) is 9.73 Å². The molecule has 0 spiro atoms. The van der Waals surface area contributed by atoms with Gasteiger partial charge in [-0.05, 0) is 28.2 Å². The molecule has 1 aliphatic heterocycles. The van der Waals surface area contributed by atoms with E-state index in [0.717, 1.165) is 22.5 Å². The average molecular weight is 355 g/mol. The minimum Gasteiger partial charge on any atom is -0.362 e. The number of aliphatic imine (C=N–C) groups is 1. The Morgan fingerprint density at radius 3 is 2.37 bits per heavy atom. The van der Waals surface area contributed by atoms with E-state index in [0.29, 0.717) is 6.61 Å². The molecule has 2 heteroatoms. The van der Waals surface area contributed by atoms with E-state index < -0.39 is 0 Å². The Balaban J connectivity index is 1.61. The lowest BCUT2D eigenvalue weighted by atomic mass is 9.86. The fourth-order valence-corrected chi connectivity index (χ4v) is 3.45. The Morgan fingerprint density at radius 1 is 0.852 bits per heavy atom. The van der Waals surface area contributed by atoms with Crippen LogP contribution in [0.5, 0.6) is 0 Å². The zero-order chi connectivity index (χ0) is 18.9. The lowest BCUT2D eigenvalue weighted by molar-refractivity contribution is 0.0870. The predicted octanol–water partition coefficient (Wildman–Crippen LogP) is 6.38. The maximum atomic E-state index is 6.42. The van der Waals surface area contributed by atoms with Crippen LogP contribution < -0.4 is 0 Å². The van der Waals surface area contributed by atoms with Crippen molar-refractivity contribution in [1.29, 1.82) is 0 Å². The Morgan fingerprint density at radius 2 is 1.59 bits per heavy atom. The summed E-state index contributed by atoms with van der Waals surface area (Å²) in [4.78, 5) is 4.86. The Labute approximate surface area is 161 Å². The molecule has 3 aromatic rings.